The minimum atomic E-state index is 0.607. The zero-order chi connectivity index (χ0) is 13.1. The molecule has 1 saturated heterocycles. The molecule has 0 radical (unpaired) electrons. The molecule has 1 atom stereocenters. The van der Waals surface area contributed by atoms with E-state index in [-0.39, 0.29) is 0 Å². The van der Waals surface area contributed by atoms with Crippen molar-refractivity contribution < 1.29 is 0 Å². The third-order valence-corrected chi connectivity index (χ3v) is 4.19. The largest absolute Gasteiger partial charge is 0.356 e. The minimum Gasteiger partial charge on any atom is -0.356 e. The van der Waals surface area contributed by atoms with Crippen LogP contribution in [0.3, 0.4) is 0 Å². The highest BCUT2D eigenvalue weighted by molar-refractivity contribution is 6.30. The molecule has 0 N–H and O–H groups in total. The summed E-state index contributed by atoms with van der Waals surface area (Å²) in [6.07, 6.45) is 4.67. The van der Waals surface area contributed by atoms with E-state index >= 15 is 0 Å². The number of piperidine rings is 1. The van der Waals surface area contributed by atoms with Gasteiger partial charge in [0, 0.05) is 25.1 Å². The lowest BCUT2D eigenvalue weighted by molar-refractivity contribution is 0.402. The van der Waals surface area contributed by atoms with Crippen LogP contribution in [0.4, 0.5) is 5.82 Å². The smallest absolute Gasteiger partial charge is 0.137 e. The summed E-state index contributed by atoms with van der Waals surface area (Å²) >= 11 is 6.21. The molecule has 18 heavy (non-hydrogen) atoms. The second kappa shape index (κ2) is 5.87. The van der Waals surface area contributed by atoms with Crippen LogP contribution in [0.5, 0.6) is 0 Å². The third-order valence-electron chi connectivity index (χ3n) is 3.82. The van der Waals surface area contributed by atoms with E-state index in [0.717, 1.165) is 42.6 Å². The second-order valence-corrected chi connectivity index (χ2v) is 5.45. The van der Waals surface area contributed by atoms with Gasteiger partial charge in [0.1, 0.15) is 16.8 Å². The van der Waals surface area contributed by atoms with Crippen molar-refractivity contribution in [1.82, 2.24) is 9.97 Å². The molecule has 1 aliphatic heterocycles. The topological polar surface area (TPSA) is 29.0 Å². The summed E-state index contributed by atoms with van der Waals surface area (Å²) in [5, 5.41) is 0.607. The van der Waals surface area contributed by atoms with Gasteiger partial charge in [-0.2, -0.15) is 0 Å². The molecular formula is C14H22ClN3. The summed E-state index contributed by atoms with van der Waals surface area (Å²) in [5.41, 5.74) is 1.02. The first kappa shape index (κ1) is 13.6. The van der Waals surface area contributed by atoms with E-state index in [4.69, 9.17) is 11.6 Å². The van der Waals surface area contributed by atoms with E-state index in [1.165, 1.54) is 19.3 Å². The summed E-state index contributed by atoms with van der Waals surface area (Å²) in [7, 11) is 0. The SMILES string of the molecule is CCc1nc(Cl)c(C)c(N2CCCC(CC)C2)n1. The van der Waals surface area contributed by atoms with Gasteiger partial charge in [0.05, 0.1) is 0 Å². The van der Waals surface area contributed by atoms with Crippen LogP contribution in [0.2, 0.25) is 5.15 Å². The molecule has 0 aromatic carbocycles. The van der Waals surface area contributed by atoms with Crippen LogP contribution in [0, 0.1) is 12.8 Å². The highest BCUT2D eigenvalue weighted by Gasteiger charge is 2.22. The Morgan fingerprint density at radius 3 is 2.78 bits per heavy atom. The van der Waals surface area contributed by atoms with Gasteiger partial charge in [0.15, 0.2) is 0 Å². The molecule has 4 heteroatoms. The van der Waals surface area contributed by atoms with Crippen molar-refractivity contribution in [1.29, 1.82) is 0 Å². The van der Waals surface area contributed by atoms with Gasteiger partial charge in [0.2, 0.25) is 0 Å². The van der Waals surface area contributed by atoms with Crippen molar-refractivity contribution in [3.05, 3.63) is 16.5 Å². The van der Waals surface area contributed by atoms with E-state index in [1.54, 1.807) is 0 Å². The monoisotopic (exact) mass is 267 g/mol. The van der Waals surface area contributed by atoms with Crippen molar-refractivity contribution in [2.24, 2.45) is 5.92 Å². The molecule has 2 heterocycles. The predicted octanol–water partition coefficient (Wildman–Crippen LogP) is 3.63. The molecule has 1 fully saturated rings. The number of hydrogen-bond donors (Lipinski definition) is 0. The molecule has 1 aromatic heterocycles. The fraction of sp³-hybridized carbons (Fsp3) is 0.714. The summed E-state index contributed by atoms with van der Waals surface area (Å²) < 4.78 is 0. The van der Waals surface area contributed by atoms with E-state index in [2.05, 4.69) is 28.7 Å². The molecule has 1 unspecified atom stereocenters. The van der Waals surface area contributed by atoms with Crippen molar-refractivity contribution in [2.75, 3.05) is 18.0 Å². The Labute approximate surface area is 115 Å². The summed E-state index contributed by atoms with van der Waals surface area (Å²) in [5.74, 6) is 2.68. The summed E-state index contributed by atoms with van der Waals surface area (Å²) in [6, 6.07) is 0. The minimum absolute atomic E-state index is 0.607. The zero-order valence-corrected chi connectivity index (χ0v) is 12.3. The summed E-state index contributed by atoms with van der Waals surface area (Å²) in [6.45, 7) is 8.55. The fourth-order valence-corrected chi connectivity index (χ4v) is 2.76. The number of anilines is 1. The molecule has 100 valence electrons. The lowest BCUT2D eigenvalue weighted by Gasteiger charge is -2.34. The fourth-order valence-electron chi connectivity index (χ4n) is 2.58. The first-order valence-electron chi connectivity index (χ1n) is 6.93. The van der Waals surface area contributed by atoms with Crippen LogP contribution in [0.25, 0.3) is 0 Å². The van der Waals surface area contributed by atoms with Gasteiger partial charge in [-0.25, -0.2) is 9.97 Å². The van der Waals surface area contributed by atoms with Gasteiger partial charge >= 0.3 is 0 Å². The molecule has 1 aromatic rings. The van der Waals surface area contributed by atoms with Crippen molar-refractivity contribution in [2.45, 2.75) is 46.5 Å². The van der Waals surface area contributed by atoms with Crippen LogP contribution < -0.4 is 4.90 Å². The average molecular weight is 268 g/mol. The third kappa shape index (κ3) is 2.77. The molecular weight excluding hydrogens is 246 g/mol. The van der Waals surface area contributed by atoms with E-state index < -0.39 is 0 Å². The quantitative estimate of drug-likeness (QED) is 0.783. The van der Waals surface area contributed by atoms with Crippen LogP contribution >= 0.6 is 11.6 Å². The molecule has 0 spiro atoms. The Morgan fingerprint density at radius 1 is 1.33 bits per heavy atom. The van der Waals surface area contributed by atoms with Crippen molar-refractivity contribution in [3.63, 3.8) is 0 Å². The standard InChI is InChI=1S/C14H22ClN3/c1-4-11-7-6-8-18(9-11)14-10(3)13(15)16-12(5-2)17-14/h11H,4-9H2,1-3H3. The zero-order valence-electron chi connectivity index (χ0n) is 11.5. The lowest BCUT2D eigenvalue weighted by atomic mass is 9.95. The highest BCUT2D eigenvalue weighted by atomic mass is 35.5. The van der Waals surface area contributed by atoms with Gasteiger partial charge in [0.25, 0.3) is 0 Å². The first-order chi connectivity index (χ1) is 8.65. The Hall–Kier alpha value is -0.830. The van der Waals surface area contributed by atoms with Crippen LogP contribution in [0.15, 0.2) is 0 Å². The number of halogens is 1. The molecule has 2 rings (SSSR count). The maximum atomic E-state index is 6.21. The first-order valence-corrected chi connectivity index (χ1v) is 7.31. The maximum absolute atomic E-state index is 6.21. The van der Waals surface area contributed by atoms with E-state index in [1.807, 2.05) is 6.92 Å². The molecule has 1 aliphatic rings. The number of aromatic nitrogens is 2. The van der Waals surface area contributed by atoms with E-state index in [9.17, 15) is 0 Å². The molecule has 3 nitrogen and oxygen atoms in total. The van der Waals surface area contributed by atoms with Gasteiger partial charge < -0.3 is 4.90 Å². The Bertz CT molecular complexity index is 420. The van der Waals surface area contributed by atoms with Crippen LogP contribution in [0.1, 0.15) is 44.5 Å². The van der Waals surface area contributed by atoms with Gasteiger partial charge in [-0.15, -0.1) is 0 Å². The van der Waals surface area contributed by atoms with Crippen LogP contribution in [-0.4, -0.2) is 23.1 Å². The van der Waals surface area contributed by atoms with Gasteiger partial charge in [-0.3, -0.25) is 0 Å². The molecule has 0 saturated carbocycles. The molecule has 0 bridgehead atoms. The van der Waals surface area contributed by atoms with Crippen molar-refractivity contribution in [3.8, 4) is 0 Å². The van der Waals surface area contributed by atoms with Gasteiger partial charge in [-0.1, -0.05) is 31.9 Å². The Kier molecular flexibility index (Phi) is 4.44. The normalized spacial score (nSPS) is 20.2. The average Bonchev–Trinajstić information content (AvgIpc) is 2.41. The Balaban J connectivity index is 2.28. The van der Waals surface area contributed by atoms with Gasteiger partial charge in [-0.05, 0) is 25.7 Å². The highest BCUT2D eigenvalue weighted by Crippen LogP contribution is 2.28. The summed E-state index contributed by atoms with van der Waals surface area (Å²) in [4.78, 5) is 11.4. The predicted molar refractivity (Wildman–Crippen MR) is 76.4 cm³/mol. The van der Waals surface area contributed by atoms with Crippen LogP contribution in [-0.2, 0) is 6.42 Å². The second-order valence-electron chi connectivity index (χ2n) is 5.10. The van der Waals surface area contributed by atoms with Crippen molar-refractivity contribution >= 4 is 17.4 Å². The molecule has 0 amide bonds. The van der Waals surface area contributed by atoms with E-state index in [0.29, 0.717) is 5.15 Å². The number of rotatable bonds is 3. The molecule has 0 aliphatic carbocycles. The number of hydrogen-bond acceptors (Lipinski definition) is 3. The Morgan fingerprint density at radius 2 is 2.11 bits per heavy atom. The maximum Gasteiger partial charge on any atom is 0.137 e. The lowest BCUT2D eigenvalue weighted by Crippen LogP contribution is -2.36. The number of nitrogens with zero attached hydrogens (tertiary/aromatic N) is 3. The number of aryl methyl sites for hydroxylation is 1.